The molecule has 0 spiro atoms. The zero-order chi connectivity index (χ0) is 14.1. The Hall–Kier alpha value is -2.61. The van der Waals surface area contributed by atoms with Crippen molar-refractivity contribution >= 4 is 23.6 Å². The van der Waals surface area contributed by atoms with Crippen molar-refractivity contribution in [3.05, 3.63) is 30.3 Å². The summed E-state index contributed by atoms with van der Waals surface area (Å²) >= 11 is 0. The van der Waals surface area contributed by atoms with Gasteiger partial charge in [0, 0.05) is 5.69 Å². The molecule has 1 aromatic carbocycles. The maximum absolute atomic E-state index is 11.4. The number of anilines is 1. The lowest BCUT2D eigenvalue weighted by Gasteiger charge is -2.07. The summed E-state index contributed by atoms with van der Waals surface area (Å²) in [5, 5.41) is 13.0. The lowest BCUT2D eigenvalue weighted by molar-refractivity contribution is -0.148. The topological polar surface area (TPSA) is 117 Å². The minimum Gasteiger partial charge on any atom is -0.479 e. The van der Waals surface area contributed by atoms with Gasteiger partial charge in [0.1, 0.15) is 6.54 Å². The number of carbonyl (C=O) groups is 3. The summed E-state index contributed by atoms with van der Waals surface area (Å²) in [5.74, 6) is -1.88. The highest BCUT2D eigenvalue weighted by Crippen LogP contribution is 2.03. The molecule has 102 valence electrons. The van der Waals surface area contributed by atoms with Crippen LogP contribution in [0.4, 0.5) is 10.5 Å². The Labute approximate surface area is 108 Å². The van der Waals surface area contributed by atoms with Crippen LogP contribution in [0.5, 0.6) is 0 Å². The third-order valence-electron chi connectivity index (χ3n) is 1.82. The molecular weight excluding hydrogens is 254 g/mol. The maximum Gasteiger partial charge on any atom is 0.332 e. The van der Waals surface area contributed by atoms with E-state index in [4.69, 9.17) is 5.11 Å². The van der Waals surface area contributed by atoms with Gasteiger partial charge < -0.3 is 15.7 Å². The number of para-hydroxylation sites is 1. The summed E-state index contributed by atoms with van der Waals surface area (Å²) in [5.41, 5.74) is 2.46. The van der Waals surface area contributed by atoms with Crippen molar-refractivity contribution in [2.24, 2.45) is 0 Å². The Bertz CT molecular complexity index is 449. The van der Waals surface area contributed by atoms with E-state index in [1.165, 1.54) is 0 Å². The first-order valence-electron chi connectivity index (χ1n) is 5.30. The molecule has 0 aromatic heterocycles. The van der Waals surface area contributed by atoms with Gasteiger partial charge in [0.2, 0.25) is 0 Å². The lowest BCUT2D eigenvalue weighted by atomic mass is 10.3. The predicted octanol–water partition coefficient (Wildman–Crippen LogP) is -0.0595. The van der Waals surface area contributed by atoms with Crippen molar-refractivity contribution in [2.75, 3.05) is 18.5 Å². The largest absolute Gasteiger partial charge is 0.479 e. The number of aliphatic carboxylic acids is 1. The zero-order valence-corrected chi connectivity index (χ0v) is 9.88. The number of urea groups is 1. The molecule has 0 saturated carbocycles. The number of nitrogens with one attached hydrogen (secondary N) is 3. The Morgan fingerprint density at radius 2 is 1.84 bits per heavy atom. The van der Waals surface area contributed by atoms with Crippen LogP contribution >= 0.6 is 0 Å². The second-order valence-electron chi connectivity index (χ2n) is 3.38. The fourth-order valence-electron chi connectivity index (χ4n) is 1.07. The van der Waals surface area contributed by atoms with Crippen molar-refractivity contribution in [3.8, 4) is 0 Å². The van der Waals surface area contributed by atoms with Gasteiger partial charge in [0.15, 0.2) is 6.61 Å². The van der Waals surface area contributed by atoms with Gasteiger partial charge in [-0.2, -0.15) is 0 Å². The van der Waals surface area contributed by atoms with Gasteiger partial charge in [-0.15, -0.1) is 0 Å². The zero-order valence-electron chi connectivity index (χ0n) is 9.88. The van der Waals surface area contributed by atoms with Crippen LogP contribution in [0.3, 0.4) is 0 Å². The molecule has 4 N–H and O–H groups in total. The minimum absolute atomic E-state index is 0.335. The third-order valence-corrected chi connectivity index (χ3v) is 1.82. The second kappa shape index (κ2) is 7.67. The molecule has 8 heteroatoms. The monoisotopic (exact) mass is 267 g/mol. The molecule has 0 radical (unpaired) electrons. The fraction of sp³-hybridized carbons (Fsp3) is 0.182. The van der Waals surface area contributed by atoms with Crippen LogP contribution < -0.4 is 16.1 Å². The number of amides is 3. The number of benzene rings is 1. The summed E-state index contributed by atoms with van der Waals surface area (Å²) < 4.78 is 0. The van der Waals surface area contributed by atoms with Gasteiger partial charge in [0.05, 0.1) is 0 Å². The van der Waals surface area contributed by atoms with Crippen molar-refractivity contribution in [2.45, 2.75) is 0 Å². The molecule has 1 aromatic rings. The van der Waals surface area contributed by atoms with Crippen LogP contribution in [0.1, 0.15) is 0 Å². The van der Waals surface area contributed by atoms with E-state index in [-0.39, 0.29) is 6.54 Å². The molecule has 0 saturated heterocycles. The fourth-order valence-corrected chi connectivity index (χ4v) is 1.07. The van der Waals surface area contributed by atoms with E-state index in [1.54, 1.807) is 30.3 Å². The van der Waals surface area contributed by atoms with Crippen LogP contribution in [0.2, 0.25) is 0 Å². The van der Waals surface area contributed by atoms with Crippen LogP contribution in [0.25, 0.3) is 0 Å². The highest BCUT2D eigenvalue weighted by molar-refractivity contribution is 5.92. The quantitative estimate of drug-likeness (QED) is 0.539. The molecular formula is C11H13N3O5. The van der Waals surface area contributed by atoms with Crippen molar-refractivity contribution in [1.29, 1.82) is 0 Å². The lowest BCUT2D eigenvalue weighted by Crippen LogP contribution is -2.39. The van der Waals surface area contributed by atoms with Gasteiger partial charge in [-0.1, -0.05) is 18.2 Å². The van der Waals surface area contributed by atoms with Crippen LogP contribution in [-0.4, -0.2) is 36.2 Å². The number of rotatable bonds is 6. The molecule has 0 fully saturated rings. The van der Waals surface area contributed by atoms with E-state index in [0.717, 1.165) is 0 Å². The van der Waals surface area contributed by atoms with Gasteiger partial charge in [-0.3, -0.25) is 9.63 Å². The van der Waals surface area contributed by atoms with E-state index in [2.05, 4.69) is 15.5 Å². The summed E-state index contributed by atoms with van der Waals surface area (Å²) in [4.78, 5) is 36.9. The van der Waals surface area contributed by atoms with Crippen LogP contribution in [-0.2, 0) is 14.4 Å². The van der Waals surface area contributed by atoms with E-state index >= 15 is 0 Å². The van der Waals surface area contributed by atoms with Crippen molar-refractivity contribution in [1.82, 2.24) is 10.8 Å². The average Bonchev–Trinajstić information content (AvgIpc) is 2.37. The second-order valence-corrected chi connectivity index (χ2v) is 3.38. The summed E-state index contributed by atoms with van der Waals surface area (Å²) in [6, 6.07) is 8.13. The van der Waals surface area contributed by atoms with E-state index in [9.17, 15) is 14.4 Å². The molecule has 3 amide bonds. The first-order chi connectivity index (χ1) is 9.08. The number of carboxylic acid groups (broad SMARTS) is 1. The molecule has 0 aliphatic rings. The third kappa shape index (κ3) is 6.64. The molecule has 0 heterocycles. The smallest absolute Gasteiger partial charge is 0.332 e. The van der Waals surface area contributed by atoms with Crippen molar-refractivity contribution in [3.63, 3.8) is 0 Å². The Kier molecular flexibility index (Phi) is 5.83. The predicted molar refractivity (Wildman–Crippen MR) is 65.2 cm³/mol. The van der Waals surface area contributed by atoms with Crippen LogP contribution in [0.15, 0.2) is 30.3 Å². The molecule has 0 bridgehead atoms. The Morgan fingerprint density at radius 3 is 2.47 bits per heavy atom. The Balaban J connectivity index is 2.19. The van der Waals surface area contributed by atoms with Gasteiger partial charge in [-0.05, 0) is 12.1 Å². The van der Waals surface area contributed by atoms with E-state index in [1.807, 2.05) is 5.48 Å². The minimum atomic E-state index is -1.21. The van der Waals surface area contributed by atoms with Crippen molar-refractivity contribution < 1.29 is 24.3 Å². The number of hydroxylamine groups is 1. The Morgan fingerprint density at radius 1 is 1.16 bits per heavy atom. The number of hydrogen-bond acceptors (Lipinski definition) is 4. The molecule has 0 aliphatic carbocycles. The molecule has 0 atom stereocenters. The summed E-state index contributed by atoms with van der Waals surface area (Å²) in [6.07, 6.45) is 0. The average molecular weight is 267 g/mol. The van der Waals surface area contributed by atoms with Gasteiger partial charge >= 0.3 is 12.0 Å². The SMILES string of the molecule is O=C(O)CONC(=O)CNC(=O)Nc1ccccc1. The maximum atomic E-state index is 11.4. The normalized spacial score (nSPS) is 9.47. The molecule has 0 unspecified atom stereocenters. The van der Waals surface area contributed by atoms with Crippen LogP contribution in [0, 0.1) is 0 Å². The standard InChI is InChI=1S/C11H13N3O5/c15-9(14-19-7-10(16)17)6-12-11(18)13-8-4-2-1-3-5-8/h1-5H,6-7H2,(H,14,15)(H,16,17)(H2,12,13,18). The molecule has 8 nitrogen and oxygen atoms in total. The first-order valence-corrected chi connectivity index (χ1v) is 5.30. The summed E-state index contributed by atoms with van der Waals surface area (Å²) in [7, 11) is 0. The van der Waals surface area contributed by atoms with E-state index in [0.29, 0.717) is 5.69 Å². The molecule has 1 rings (SSSR count). The van der Waals surface area contributed by atoms with E-state index < -0.39 is 24.5 Å². The molecule has 19 heavy (non-hydrogen) atoms. The molecule has 0 aliphatic heterocycles. The first kappa shape index (κ1) is 14.5. The number of hydrogen-bond donors (Lipinski definition) is 4. The number of carboxylic acids is 1. The summed E-state index contributed by atoms with van der Waals surface area (Å²) in [6.45, 7) is -0.986. The highest BCUT2D eigenvalue weighted by atomic mass is 16.7. The van der Waals surface area contributed by atoms with Gasteiger partial charge in [0.25, 0.3) is 5.91 Å². The van der Waals surface area contributed by atoms with Gasteiger partial charge in [-0.25, -0.2) is 15.1 Å². The highest BCUT2D eigenvalue weighted by Gasteiger charge is 2.06. The number of carbonyl (C=O) groups excluding carboxylic acids is 2.